The van der Waals surface area contributed by atoms with Crippen LogP contribution >= 0.6 is 0 Å². The van der Waals surface area contributed by atoms with E-state index in [9.17, 15) is 13.6 Å². The molecule has 2 aromatic carbocycles. The highest BCUT2D eigenvalue weighted by Crippen LogP contribution is 2.26. The third-order valence-corrected chi connectivity index (χ3v) is 2.73. The Bertz CT molecular complexity index is 598. The van der Waals surface area contributed by atoms with Crippen molar-refractivity contribution in [2.75, 3.05) is 0 Å². The standard InChI is InChI=1S/C15H12F2O/c1-9-5-12(7-13(16)6-9)14-8-11(10(2)18)3-4-15(14)17/h3-8H,1-2H3. The lowest BCUT2D eigenvalue weighted by Gasteiger charge is -2.07. The van der Waals surface area contributed by atoms with E-state index < -0.39 is 11.6 Å². The zero-order valence-corrected chi connectivity index (χ0v) is 10.1. The summed E-state index contributed by atoms with van der Waals surface area (Å²) in [6.07, 6.45) is 0. The SMILES string of the molecule is CC(=O)c1ccc(F)c(-c2cc(C)cc(F)c2)c1. The summed E-state index contributed by atoms with van der Waals surface area (Å²) in [6, 6.07) is 8.42. The fourth-order valence-electron chi connectivity index (χ4n) is 1.86. The Kier molecular flexibility index (Phi) is 3.24. The van der Waals surface area contributed by atoms with Gasteiger partial charge in [0.25, 0.3) is 0 Å². The topological polar surface area (TPSA) is 17.1 Å². The van der Waals surface area contributed by atoms with E-state index in [-0.39, 0.29) is 11.3 Å². The van der Waals surface area contributed by atoms with Gasteiger partial charge in [0.2, 0.25) is 0 Å². The van der Waals surface area contributed by atoms with Gasteiger partial charge >= 0.3 is 0 Å². The molecule has 2 aromatic rings. The van der Waals surface area contributed by atoms with Crippen LogP contribution in [0.25, 0.3) is 11.1 Å². The monoisotopic (exact) mass is 246 g/mol. The predicted octanol–water partition coefficient (Wildman–Crippen LogP) is 4.14. The van der Waals surface area contributed by atoms with Crippen molar-refractivity contribution in [1.82, 2.24) is 0 Å². The van der Waals surface area contributed by atoms with E-state index in [0.717, 1.165) is 0 Å². The number of hydrogen-bond acceptors (Lipinski definition) is 1. The van der Waals surface area contributed by atoms with Gasteiger partial charge in [-0.25, -0.2) is 8.78 Å². The van der Waals surface area contributed by atoms with Crippen molar-refractivity contribution in [3.63, 3.8) is 0 Å². The molecular formula is C15H12F2O. The minimum Gasteiger partial charge on any atom is -0.295 e. The van der Waals surface area contributed by atoms with Gasteiger partial charge in [0.1, 0.15) is 11.6 Å². The molecule has 0 aliphatic carbocycles. The number of benzene rings is 2. The second-order valence-corrected chi connectivity index (χ2v) is 4.27. The van der Waals surface area contributed by atoms with Crippen molar-refractivity contribution >= 4 is 5.78 Å². The summed E-state index contributed by atoms with van der Waals surface area (Å²) in [5, 5.41) is 0. The number of hydrogen-bond donors (Lipinski definition) is 0. The van der Waals surface area contributed by atoms with Gasteiger partial charge in [-0.2, -0.15) is 0 Å². The minimum atomic E-state index is -0.468. The van der Waals surface area contributed by atoms with Crippen LogP contribution in [-0.2, 0) is 0 Å². The molecule has 0 saturated carbocycles. The second kappa shape index (κ2) is 4.69. The van der Waals surface area contributed by atoms with Gasteiger partial charge in [0.05, 0.1) is 0 Å². The minimum absolute atomic E-state index is 0.149. The fourth-order valence-corrected chi connectivity index (χ4v) is 1.86. The van der Waals surface area contributed by atoms with Crippen LogP contribution in [0.3, 0.4) is 0 Å². The van der Waals surface area contributed by atoms with Crippen LogP contribution in [0.15, 0.2) is 36.4 Å². The second-order valence-electron chi connectivity index (χ2n) is 4.27. The Morgan fingerprint density at radius 2 is 1.78 bits per heavy atom. The van der Waals surface area contributed by atoms with Crippen molar-refractivity contribution in [2.24, 2.45) is 0 Å². The Morgan fingerprint density at radius 1 is 1.06 bits per heavy atom. The molecule has 0 atom stereocenters. The third kappa shape index (κ3) is 2.45. The lowest BCUT2D eigenvalue weighted by Crippen LogP contribution is -1.95. The molecule has 0 aliphatic rings. The van der Waals surface area contributed by atoms with Crippen molar-refractivity contribution < 1.29 is 13.6 Å². The Morgan fingerprint density at radius 3 is 2.39 bits per heavy atom. The van der Waals surface area contributed by atoms with Gasteiger partial charge in [0, 0.05) is 11.1 Å². The van der Waals surface area contributed by atoms with E-state index in [4.69, 9.17) is 0 Å². The van der Waals surface area contributed by atoms with E-state index in [1.165, 1.54) is 37.3 Å². The van der Waals surface area contributed by atoms with Gasteiger partial charge in [-0.3, -0.25) is 4.79 Å². The van der Waals surface area contributed by atoms with E-state index in [0.29, 0.717) is 16.7 Å². The van der Waals surface area contributed by atoms with E-state index in [1.54, 1.807) is 13.0 Å². The first-order chi connectivity index (χ1) is 8.47. The number of aryl methyl sites for hydroxylation is 1. The quantitative estimate of drug-likeness (QED) is 0.728. The van der Waals surface area contributed by atoms with Crippen LogP contribution in [0.1, 0.15) is 22.8 Å². The lowest BCUT2D eigenvalue weighted by molar-refractivity contribution is 0.101. The number of carbonyl (C=O) groups excluding carboxylic acids is 1. The average molecular weight is 246 g/mol. The van der Waals surface area contributed by atoms with E-state index in [1.807, 2.05) is 0 Å². The van der Waals surface area contributed by atoms with Crippen molar-refractivity contribution in [1.29, 1.82) is 0 Å². The highest BCUT2D eigenvalue weighted by molar-refractivity contribution is 5.95. The largest absolute Gasteiger partial charge is 0.295 e. The number of rotatable bonds is 2. The van der Waals surface area contributed by atoms with Crippen molar-refractivity contribution in [2.45, 2.75) is 13.8 Å². The molecule has 0 unspecified atom stereocenters. The Labute approximate surface area is 104 Å². The maximum absolute atomic E-state index is 13.7. The average Bonchev–Trinajstić information content (AvgIpc) is 2.27. The van der Waals surface area contributed by atoms with Gasteiger partial charge in [-0.15, -0.1) is 0 Å². The summed E-state index contributed by atoms with van der Waals surface area (Å²) < 4.78 is 27.1. The molecule has 0 saturated heterocycles. The number of carbonyl (C=O) groups is 1. The molecule has 18 heavy (non-hydrogen) atoms. The van der Waals surface area contributed by atoms with Crippen LogP contribution in [0, 0.1) is 18.6 Å². The number of Topliss-reactive ketones (excluding diaryl/α,β-unsaturated/α-hetero) is 1. The molecule has 0 heterocycles. The van der Waals surface area contributed by atoms with Gasteiger partial charge in [0.15, 0.2) is 5.78 Å². The molecule has 3 heteroatoms. The smallest absolute Gasteiger partial charge is 0.159 e. The van der Waals surface area contributed by atoms with E-state index in [2.05, 4.69) is 0 Å². The summed E-state index contributed by atoms with van der Waals surface area (Å²) in [6.45, 7) is 3.15. The first kappa shape index (κ1) is 12.4. The molecule has 0 amide bonds. The van der Waals surface area contributed by atoms with Crippen LogP contribution in [0.2, 0.25) is 0 Å². The first-order valence-electron chi connectivity index (χ1n) is 5.55. The Hall–Kier alpha value is -2.03. The van der Waals surface area contributed by atoms with Crippen LogP contribution in [-0.4, -0.2) is 5.78 Å². The number of halogens is 2. The summed E-state index contributed by atoms with van der Waals surface area (Å²) in [4.78, 5) is 11.3. The molecule has 92 valence electrons. The van der Waals surface area contributed by atoms with E-state index >= 15 is 0 Å². The molecule has 0 radical (unpaired) electrons. The molecule has 0 aromatic heterocycles. The molecular weight excluding hydrogens is 234 g/mol. The predicted molar refractivity (Wildman–Crippen MR) is 66.5 cm³/mol. The lowest BCUT2D eigenvalue weighted by atomic mass is 9.99. The summed E-state index contributed by atoms with van der Waals surface area (Å²) >= 11 is 0. The molecule has 2 rings (SSSR count). The highest BCUT2D eigenvalue weighted by atomic mass is 19.1. The normalized spacial score (nSPS) is 10.4. The molecule has 1 nitrogen and oxygen atoms in total. The summed E-state index contributed by atoms with van der Waals surface area (Å²) in [5.74, 6) is -1.04. The zero-order valence-electron chi connectivity index (χ0n) is 10.1. The Balaban J connectivity index is 2.62. The van der Waals surface area contributed by atoms with Gasteiger partial charge in [-0.05, 0) is 55.3 Å². The molecule has 0 bridgehead atoms. The first-order valence-corrected chi connectivity index (χ1v) is 5.55. The van der Waals surface area contributed by atoms with Crippen LogP contribution in [0.5, 0.6) is 0 Å². The van der Waals surface area contributed by atoms with Crippen LogP contribution in [0.4, 0.5) is 8.78 Å². The molecule has 0 spiro atoms. The molecule has 0 aliphatic heterocycles. The van der Waals surface area contributed by atoms with Gasteiger partial charge in [-0.1, -0.05) is 6.07 Å². The molecule has 0 fully saturated rings. The highest BCUT2D eigenvalue weighted by Gasteiger charge is 2.10. The fraction of sp³-hybridized carbons (Fsp3) is 0.133. The van der Waals surface area contributed by atoms with Crippen molar-refractivity contribution in [3.05, 3.63) is 59.2 Å². The van der Waals surface area contributed by atoms with Crippen molar-refractivity contribution in [3.8, 4) is 11.1 Å². The maximum atomic E-state index is 13.7. The van der Waals surface area contributed by atoms with Gasteiger partial charge < -0.3 is 0 Å². The molecule has 0 N–H and O–H groups in total. The number of ketones is 1. The zero-order chi connectivity index (χ0) is 13.3. The summed E-state index contributed by atoms with van der Waals surface area (Å²) in [5.41, 5.74) is 1.80. The third-order valence-electron chi connectivity index (χ3n) is 2.73. The maximum Gasteiger partial charge on any atom is 0.159 e. The van der Waals surface area contributed by atoms with Crippen LogP contribution < -0.4 is 0 Å². The summed E-state index contributed by atoms with van der Waals surface area (Å²) in [7, 11) is 0.